The zero-order valence-electron chi connectivity index (χ0n) is 24.8. The first-order valence-corrected chi connectivity index (χ1v) is 14.8. The van der Waals surface area contributed by atoms with Gasteiger partial charge >= 0.3 is 6.09 Å². The molecule has 3 unspecified atom stereocenters. The van der Waals surface area contributed by atoms with Gasteiger partial charge < -0.3 is 20.1 Å². The fraction of sp³-hybridized carbons (Fsp3) is 0.235. The Morgan fingerprint density at radius 3 is 2.45 bits per heavy atom. The van der Waals surface area contributed by atoms with Gasteiger partial charge in [0.15, 0.2) is 11.6 Å². The number of amides is 2. The summed E-state index contributed by atoms with van der Waals surface area (Å²) < 4.78 is 62.0. The largest absolute Gasteiger partial charge is 0.465 e. The third-order valence-corrected chi connectivity index (χ3v) is 8.23. The van der Waals surface area contributed by atoms with Gasteiger partial charge in [-0.3, -0.25) is 14.7 Å². The Hall–Kier alpha value is -5.30. The van der Waals surface area contributed by atoms with Crippen LogP contribution in [0.5, 0.6) is 0 Å². The van der Waals surface area contributed by atoms with E-state index in [0.717, 1.165) is 34.4 Å². The second-order valence-corrected chi connectivity index (χ2v) is 11.3. The summed E-state index contributed by atoms with van der Waals surface area (Å²) in [5.41, 5.74) is 2.29. The molecule has 0 aliphatic carbocycles. The van der Waals surface area contributed by atoms with Crippen molar-refractivity contribution in [1.82, 2.24) is 19.9 Å². The van der Waals surface area contributed by atoms with Gasteiger partial charge in [-0.05, 0) is 36.1 Å². The van der Waals surface area contributed by atoms with Crippen LogP contribution in [0.3, 0.4) is 0 Å². The average Bonchev–Trinajstić information content (AvgIpc) is 3.46. The van der Waals surface area contributed by atoms with Gasteiger partial charge in [0.25, 0.3) is 0 Å². The van der Waals surface area contributed by atoms with E-state index in [2.05, 4.69) is 20.3 Å². The van der Waals surface area contributed by atoms with Gasteiger partial charge in [-0.15, -0.1) is 0 Å². The molecular weight excluding hydrogens is 618 g/mol. The zero-order chi connectivity index (χ0) is 33.1. The van der Waals surface area contributed by atoms with E-state index < -0.39 is 53.3 Å². The fourth-order valence-electron chi connectivity index (χ4n) is 5.84. The summed E-state index contributed by atoms with van der Waals surface area (Å²) in [4.78, 5) is 37.6. The maximum absolute atomic E-state index is 15.1. The van der Waals surface area contributed by atoms with E-state index in [1.54, 1.807) is 12.1 Å². The number of carbonyl (C=O) groups excluding carboxylic acids is 1. The van der Waals surface area contributed by atoms with E-state index in [0.29, 0.717) is 0 Å². The molecular formula is C34H29F4N5O4. The SMILES string of the molecule is O=C(CC(c1ccccc1)c1ccc(F)cc1)Nc1cncc(F)c1CCC1CN(C(=O)O)C(c2nc3cc(F)c(F)cc3[nH]2)CO1. The number of imidazole rings is 1. The van der Waals surface area contributed by atoms with Crippen LogP contribution in [0.2, 0.25) is 0 Å². The summed E-state index contributed by atoms with van der Waals surface area (Å²) >= 11 is 0. The number of morpholine rings is 1. The van der Waals surface area contributed by atoms with Gasteiger partial charge in [0.1, 0.15) is 23.5 Å². The Morgan fingerprint density at radius 2 is 1.70 bits per heavy atom. The van der Waals surface area contributed by atoms with Crippen LogP contribution in [0.25, 0.3) is 11.0 Å². The predicted molar refractivity (Wildman–Crippen MR) is 164 cm³/mol. The third-order valence-electron chi connectivity index (χ3n) is 8.23. The number of benzene rings is 3. The van der Waals surface area contributed by atoms with Gasteiger partial charge in [-0.25, -0.2) is 27.3 Å². The lowest BCUT2D eigenvalue weighted by molar-refractivity contribution is -0.116. The Morgan fingerprint density at radius 1 is 0.979 bits per heavy atom. The van der Waals surface area contributed by atoms with Crippen molar-refractivity contribution < 1.29 is 37.0 Å². The number of hydrogen-bond acceptors (Lipinski definition) is 5. The van der Waals surface area contributed by atoms with Crippen molar-refractivity contribution in [3.63, 3.8) is 0 Å². The smallest absolute Gasteiger partial charge is 0.408 e. The maximum atomic E-state index is 15.1. The fourth-order valence-corrected chi connectivity index (χ4v) is 5.84. The topological polar surface area (TPSA) is 120 Å². The quantitative estimate of drug-likeness (QED) is 0.153. The first kappa shape index (κ1) is 31.7. The average molecular weight is 648 g/mol. The molecule has 3 aromatic carbocycles. The van der Waals surface area contributed by atoms with Crippen molar-refractivity contribution in [3.8, 4) is 0 Å². The van der Waals surface area contributed by atoms with Crippen LogP contribution in [0.15, 0.2) is 79.1 Å². The van der Waals surface area contributed by atoms with Crippen molar-refractivity contribution in [2.24, 2.45) is 0 Å². The number of ether oxygens (including phenoxy) is 1. The molecule has 0 radical (unpaired) electrons. The van der Waals surface area contributed by atoms with Crippen molar-refractivity contribution >= 4 is 28.7 Å². The highest BCUT2D eigenvalue weighted by Gasteiger charge is 2.35. The number of H-pyrrole nitrogens is 1. The summed E-state index contributed by atoms with van der Waals surface area (Å²) in [7, 11) is 0. The number of halogens is 4. The molecule has 1 fully saturated rings. The molecule has 13 heteroatoms. The molecule has 2 amide bonds. The summed E-state index contributed by atoms with van der Waals surface area (Å²) in [5.74, 6) is -3.81. The van der Waals surface area contributed by atoms with Crippen LogP contribution >= 0.6 is 0 Å². The minimum atomic E-state index is -1.25. The second kappa shape index (κ2) is 13.6. The van der Waals surface area contributed by atoms with Gasteiger partial charge in [-0.2, -0.15) is 0 Å². The Kier molecular flexibility index (Phi) is 9.16. The summed E-state index contributed by atoms with van der Waals surface area (Å²) in [5, 5.41) is 12.7. The van der Waals surface area contributed by atoms with Crippen LogP contribution < -0.4 is 5.32 Å². The number of nitrogens with one attached hydrogen (secondary N) is 2. The van der Waals surface area contributed by atoms with Crippen molar-refractivity contribution in [2.45, 2.75) is 37.3 Å². The number of anilines is 1. The maximum Gasteiger partial charge on any atom is 0.408 e. The van der Waals surface area contributed by atoms with E-state index in [4.69, 9.17) is 4.74 Å². The minimum Gasteiger partial charge on any atom is -0.465 e. The van der Waals surface area contributed by atoms with Gasteiger partial charge in [-0.1, -0.05) is 42.5 Å². The molecule has 1 saturated heterocycles. The van der Waals surface area contributed by atoms with Gasteiger partial charge in [0.2, 0.25) is 5.91 Å². The van der Waals surface area contributed by atoms with Crippen LogP contribution in [0, 0.1) is 23.3 Å². The lowest BCUT2D eigenvalue weighted by Gasteiger charge is -2.37. The van der Waals surface area contributed by atoms with Crippen LogP contribution in [0.4, 0.5) is 28.0 Å². The second-order valence-electron chi connectivity index (χ2n) is 11.3. The van der Waals surface area contributed by atoms with E-state index >= 15 is 4.39 Å². The first-order chi connectivity index (χ1) is 22.7. The van der Waals surface area contributed by atoms with Gasteiger partial charge in [0.05, 0.1) is 48.4 Å². The molecule has 0 bridgehead atoms. The van der Waals surface area contributed by atoms with E-state index in [9.17, 15) is 27.9 Å². The Balaban J connectivity index is 1.14. The number of hydrogen-bond donors (Lipinski definition) is 3. The third kappa shape index (κ3) is 7.09. The molecule has 1 aliphatic rings. The zero-order valence-corrected chi connectivity index (χ0v) is 24.8. The van der Waals surface area contributed by atoms with Crippen molar-refractivity contribution in [3.05, 3.63) is 125 Å². The molecule has 47 heavy (non-hydrogen) atoms. The number of nitrogens with zero attached hydrogens (tertiary/aromatic N) is 3. The highest BCUT2D eigenvalue weighted by molar-refractivity contribution is 5.92. The van der Waals surface area contributed by atoms with E-state index in [1.807, 2.05) is 30.3 Å². The van der Waals surface area contributed by atoms with E-state index in [-0.39, 0.29) is 60.5 Å². The van der Waals surface area contributed by atoms with Gasteiger partial charge in [0, 0.05) is 30.0 Å². The molecule has 3 atom stereocenters. The summed E-state index contributed by atoms with van der Waals surface area (Å²) in [6.07, 6.45) is 0.796. The molecule has 0 spiro atoms. The highest BCUT2D eigenvalue weighted by atomic mass is 19.2. The van der Waals surface area contributed by atoms with Crippen LogP contribution in [0.1, 0.15) is 47.3 Å². The lowest BCUT2D eigenvalue weighted by atomic mass is 9.88. The number of pyridine rings is 1. The number of carboxylic acid groups (broad SMARTS) is 1. The molecule has 3 heterocycles. The molecule has 9 nitrogen and oxygen atoms in total. The molecule has 0 saturated carbocycles. The number of carbonyl (C=O) groups is 2. The minimum absolute atomic E-state index is 0.00658. The monoisotopic (exact) mass is 647 g/mol. The molecule has 1 aliphatic heterocycles. The summed E-state index contributed by atoms with van der Waals surface area (Å²) in [6.45, 7) is -0.182. The molecule has 2 aromatic heterocycles. The van der Waals surface area contributed by atoms with Crippen molar-refractivity contribution in [2.75, 3.05) is 18.5 Å². The van der Waals surface area contributed by atoms with Crippen LogP contribution in [-0.2, 0) is 16.0 Å². The normalized spacial score (nSPS) is 17.1. The Bertz CT molecular complexity index is 1870. The molecule has 6 rings (SSSR count). The molecule has 3 N–H and O–H groups in total. The van der Waals surface area contributed by atoms with Crippen LogP contribution in [-0.4, -0.2) is 56.2 Å². The Labute approximate surface area is 266 Å². The number of aromatic nitrogens is 3. The predicted octanol–water partition coefficient (Wildman–Crippen LogP) is 6.73. The number of fused-ring (bicyclic) bond motifs is 1. The highest BCUT2D eigenvalue weighted by Crippen LogP contribution is 2.31. The molecule has 242 valence electrons. The first-order valence-electron chi connectivity index (χ1n) is 14.8. The number of rotatable bonds is 9. The lowest BCUT2D eigenvalue weighted by Crippen LogP contribution is -2.47. The molecule has 5 aromatic rings. The number of aromatic amines is 1. The van der Waals surface area contributed by atoms with E-state index in [1.165, 1.54) is 18.3 Å². The standard InChI is InChI=1S/C34H29F4N5O4/c35-21-8-6-20(7-9-21)24(19-4-2-1-3-5-19)12-32(44)40-30-16-39-15-27(38)23(30)11-10-22-17-43(34(45)46)31(18-47-22)33-41-28-13-25(36)26(37)14-29(28)42-33/h1-9,13-16,22,24,31H,10-12,17-18H2,(H,40,44)(H,41,42)(H,45,46). The van der Waals surface area contributed by atoms with Crippen molar-refractivity contribution in [1.29, 1.82) is 0 Å². The summed E-state index contributed by atoms with van der Waals surface area (Å²) in [6, 6.07) is 16.2.